The lowest BCUT2D eigenvalue weighted by atomic mass is 10.2. The standard InChI is InChI=1S/C19H25N7O/c1-5-9-26-14(3)16(13(2)23-26)12-21-19(27)22-18-10-17(24-25(18)4)15-7-6-8-20-11-15/h6-8,10-11H,5,9,12H2,1-4H3,(H2,21,22,27). The quantitative estimate of drug-likeness (QED) is 0.701. The molecule has 27 heavy (non-hydrogen) atoms. The van der Waals surface area contributed by atoms with Crippen LogP contribution in [0.2, 0.25) is 0 Å². The second-order valence-corrected chi connectivity index (χ2v) is 6.46. The Morgan fingerprint density at radius 3 is 2.78 bits per heavy atom. The summed E-state index contributed by atoms with van der Waals surface area (Å²) in [6, 6.07) is 5.33. The number of hydrogen-bond acceptors (Lipinski definition) is 4. The zero-order valence-electron chi connectivity index (χ0n) is 16.2. The van der Waals surface area contributed by atoms with Crippen molar-refractivity contribution in [2.75, 3.05) is 5.32 Å². The zero-order chi connectivity index (χ0) is 19.4. The van der Waals surface area contributed by atoms with Crippen LogP contribution in [0.4, 0.5) is 10.6 Å². The second kappa shape index (κ2) is 8.03. The molecule has 0 aliphatic heterocycles. The highest BCUT2D eigenvalue weighted by atomic mass is 16.2. The number of rotatable bonds is 6. The Hall–Kier alpha value is -3.16. The molecule has 0 aliphatic rings. The number of nitrogens with one attached hydrogen (secondary N) is 2. The number of aryl methyl sites for hydroxylation is 3. The number of nitrogens with zero attached hydrogens (tertiary/aromatic N) is 5. The average Bonchev–Trinajstić information content (AvgIpc) is 3.14. The summed E-state index contributed by atoms with van der Waals surface area (Å²) in [7, 11) is 1.79. The third-order valence-corrected chi connectivity index (χ3v) is 4.47. The zero-order valence-corrected chi connectivity index (χ0v) is 16.2. The van der Waals surface area contributed by atoms with Crippen molar-refractivity contribution in [3.05, 3.63) is 47.5 Å². The van der Waals surface area contributed by atoms with Crippen molar-refractivity contribution in [3.8, 4) is 11.3 Å². The van der Waals surface area contributed by atoms with E-state index >= 15 is 0 Å². The lowest BCUT2D eigenvalue weighted by Gasteiger charge is -2.08. The molecule has 2 N–H and O–H groups in total. The van der Waals surface area contributed by atoms with Gasteiger partial charge in [0.1, 0.15) is 5.82 Å². The van der Waals surface area contributed by atoms with Gasteiger partial charge in [-0.25, -0.2) is 4.79 Å². The van der Waals surface area contributed by atoms with Gasteiger partial charge in [-0.2, -0.15) is 10.2 Å². The molecule has 0 spiro atoms. The van der Waals surface area contributed by atoms with Crippen LogP contribution >= 0.6 is 0 Å². The Morgan fingerprint density at radius 2 is 2.07 bits per heavy atom. The maximum Gasteiger partial charge on any atom is 0.320 e. The normalized spacial score (nSPS) is 10.8. The number of anilines is 1. The van der Waals surface area contributed by atoms with Crippen molar-refractivity contribution >= 4 is 11.8 Å². The molecule has 0 bridgehead atoms. The molecular weight excluding hydrogens is 342 g/mol. The van der Waals surface area contributed by atoms with E-state index in [0.29, 0.717) is 12.4 Å². The smallest absolute Gasteiger partial charge is 0.320 e. The summed E-state index contributed by atoms with van der Waals surface area (Å²) in [5.74, 6) is 0.612. The van der Waals surface area contributed by atoms with E-state index < -0.39 is 0 Å². The van der Waals surface area contributed by atoms with E-state index in [-0.39, 0.29) is 6.03 Å². The minimum absolute atomic E-state index is 0.280. The van der Waals surface area contributed by atoms with Gasteiger partial charge in [-0.15, -0.1) is 0 Å². The summed E-state index contributed by atoms with van der Waals surface area (Å²) >= 11 is 0. The van der Waals surface area contributed by atoms with Crippen LogP contribution in [0.25, 0.3) is 11.3 Å². The largest absolute Gasteiger partial charge is 0.334 e. The Labute approximate surface area is 158 Å². The number of carbonyl (C=O) groups is 1. The van der Waals surface area contributed by atoms with E-state index in [9.17, 15) is 4.79 Å². The molecule has 0 unspecified atom stereocenters. The number of amides is 2. The molecule has 142 valence electrons. The van der Waals surface area contributed by atoms with Crippen molar-refractivity contribution in [3.63, 3.8) is 0 Å². The van der Waals surface area contributed by atoms with Gasteiger partial charge in [0.05, 0.1) is 11.4 Å². The maximum absolute atomic E-state index is 12.3. The number of carbonyl (C=O) groups excluding carboxylic acids is 1. The van der Waals surface area contributed by atoms with Gasteiger partial charge >= 0.3 is 6.03 Å². The first kappa shape index (κ1) is 18.6. The van der Waals surface area contributed by atoms with E-state index in [1.54, 1.807) is 24.1 Å². The van der Waals surface area contributed by atoms with Gasteiger partial charge in [-0.3, -0.25) is 19.7 Å². The van der Waals surface area contributed by atoms with E-state index in [1.807, 2.05) is 36.7 Å². The first-order valence-corrected chi connectivity index (χ1v) is 9.01. The van der Waals surface area contributed by atoms with Gasteiger partial charge < -0.3 is 5.32 Å². The minimum atomic E-state index is -0.280. The molecule has 3 aromatic rings. The average molecular weight is 367 g/mol. The Kier molecular flexibility index (Phi) is 5.54. The molecule has 8 heteroatoms. The SMILES string of the molecule is CCCn1nc(C)c(CNC(=O)Nc2cc(-c3cccnc3)nn2C)c1C. The molecule has 8 nitrogen and oxygen atoms in total. The van der Waals surface area contributed by atoms with Gasteiger partial charge in [0.15, 0.2) is 0 Å². The predicted molar refractivity (Wildman–Crippen MR) is 104 cm³/mol. The van der Waals surface area contributed by atoms with E-state index in [4.69, 9.17) is 0 Å². The highest BCUT2D eigenvalue weighted by Crippen LogP contribution is 2.20. The number of urea groups is 1. The van der Waals surface area contributed by atoms with Crippen molar-refractivity contribution < 1.29 is 4.79 Å². The summed E-state index contributed by atoms with van der Waals surface area (Å²) in [6.45, 7) is 7.43. The van der Waals surface area contributed by atoms with Crippen molar-refractivity contribution in [1.82, 2.24) is 29.9 Å². The van der Waals surface area contributed by atoms with E-state index in [0.717, 1.165) is 41.2 Å². The van der Waals surface area contributed by atoms with Gasteiger partial charge in [0, 0.05) is 55.4 Å². The number of aromatic nitrogens is 5. The first-order chi connectivity index (χ1) is 13.0. The third-order valence-electron chi connectivity index (χ3n) is 4.47. The lowest BCUT2D eigenvalue weighted by molar-refractivity contribution is 0.251. The first-order valence-electron chi connectivity index (χ1n) is 9.01. The summed E-state index contributed by atoms with van der Waals surface area (Å²) in [5.41, 5.74) is 4.75. The van der Waals surface area contributed by atoms with Crippen LogP contribution in [0.1, 0.15) is 30.3 Å². The fraction of sp³-hybridized carbons (Fsp3) is 0.368. The molecular formula is C19H25N7O. The molecule has 0 aliphatic carbocycles. The molecule has 2 amide bonds. The van der Waals surface area contributed by atoms with Gasteiger partial charge in [-0.05, 0) is 32.4 Å². The predicted octanol–water partition coefficient (Wildman–Crippen LogP) is 3.03. The molecule has 0 radical (unpaired) electrons. The van der Waals surface area contributed by atoms with Crippen molar-refractivity contribution in [2.24, 2.45) is 7.05 Å². The Balaban J connectivity index is 1.64. The minimum Gasteiger partial charge on any atom is -0.334 e. The Morgan fingerprint density at radius 1 is 1.26 bits per heavy atom. The van der Waals surface area contributed by atoms with Crippen molar-refractivity contribution in [1.29, 1.82) is 0 Å². The summed E-state index contributed by atoms with van der Waals surface area (Å²) in [4.78, 5) is 16.4. The summed E-state index contributed by atoms with van der Waals surface area (Å²) < 4.78 is 3.63. The van der Waals surface area contributed by atoms with E-state index in [2.05, 4.69) is 32.7 Å². The van der Waals surface area contributed by atoms with Gasteiger partial charge in [-0.1, -0.05) is 6.92 Å². The topological polar surface area (TPSA) is 89.7 Å². The third kappa shape index (κ3) is 4.16. The molecule has 3 rings (SSSR count). The number of pyridine rings is 1. The fourth-order valence-corrected chi connectivity index (χ4v) is 2.99. The van der Waals surface area contributed by atoms with Crippen LogP contribution in [-0.4, -0.2) is 30.6 Å². The lowest BCUT2D eigenvalue weighted by Crippen LogP contribution is -2.29. The van der Waals surface area contributed by atoms with Crippen LogP contribution in [0.3, 0.4) is 0 Å². The monoisotopic (exact) mass is 367 g/mol. The molecule has 0 saturated heterocycles. The molecule has 3 heterocycles. The molecule has 0 atom stereocenters. The van der Waals surface area contributed by atoms with Crippen LogP contribution in [-0.2, 0) is 20.1 Å². The molecule has 3 aromatic heterocycles. The van der Waals surface area contributed by atoms with Crippen LogP contribution in [0, 0.1) is 13.8 Å². The fourth-order valence-electron chi connectivity index (χ4n) is 2.99. The molecule has 0 saturated carbocycles. The van der Waals surface area contributed by atoms with Crippen LogP contribution < -0.4 is 10.6 Å². The highest BCUT2D eigenvalue weighted by Gasteiger charge is 2.14. The van der Waals surface area contributed by atoms with Crippen molar-refractivity contribution in [2.45, 2.75) is 40.3 Å². The maximum atomic E-state index is 12.3. The Bertz CT molecular complexity index is 927. The van der Waals surface area contributed by atoms with Gasteiger partial charge in [0.25, 0.3) is 0 Å². The summed E-state index contributed by atoms with van der Waals surface area (Å²) in [6.07, 6.45) is 4.48. The summed E-state index contributed by atoms with van der Waals surface area (Å²) in [5, 5.41) is 14.7. The molecule has 0 fully saturated rings. The molecule has 0 aromatic carbocycles. The van der Waals surface area contributed by atoms with Crippen LogP contribution in [0.5, 0.6) is 0 Å². The second-order valence-electron chi connectivity index (χ2n) is 6.46. The van der Waals surface area contributed by atoms with Gasteiger partial charge in [0.2, 0.25) is 0 Å². The number of hydrogen-bond donors (Lipinski definition) is 2. The van der Waals surface area contributed by atoms with Crippen LogP contribution in [0.15, 0.2) is 30.6 Å². The highest BCUT2D eigenvalue weighted by molar-refractivity contribution is 5.89. The van der Waals surface area contributed by atoms with E-state index in [1.165, 1.54) is 0 Å².